The van der Waals surface area contributed by atoms with E-state index in [1.165, 1.54) is 5.56 Å². The second-order valence-electron chi connectivity index (χ2n) is 5.70. The smallest absolute Gasteiger partial charge is 0.305 e. The van der Waals surface area contributed by atoms with Gasteiger partial charge in [-0.25, -0.2) is 9.78 Å². The second kappa shape index (κ2) is 6.04. The first-order valence-electron chi connectivity index (χ1n) is 7.44. The fourth-order valence-corrected chi connectivity index (χ4v) is 2.33. The largest absolute Gasteiger partial charge is 0.326 e. The third-order valence-electron chi connectivity index (χ3n) is 3.66. The molecule has 0 bridgehead atoms. The predicted octanol–water partition coefficient (Wildman–Crippen LogP) is 2.91. The van der Waals surface area contributed by atoms with E-state index in [0.717, 1.165) is 5.56 Å². The van der Waals surface area contributed by atoms with Crippen molar-refractivity contribution in [1.82, 2.24) is 15.0 Å². The van der Waals surface area contributed by atoms with E-state index in [9.17, 15) is 9.59 Å². The van der Waals surface area contributed by atoms with E-state index in [0.29, 0.717) is 17.1 Å². The van der Waals surface area contributed by atoms with Crippen LogP contribution in [-0.2, 0) is 0 Å². The van der Waals surface area contributed by atoms with Gasteiger partial charge in [0.15, 0.2) is 5.52 Å². The number of H-pyrrole nitrogens is 2. The molecule has 0 amide bonds. The molecule has 0 aliphatic carbocycles. The fraction of sp³-hybridized carbons (Fsp3) is 0.167. The molecule has 0 spiro atoms. The number of hydrogen-bond donors (Lipinski definition) is 2. The maximum absolute atomic E-state index is 11.8. The summed E-state index contributed by atoms with van der Waals surface area (Å²) in [6.07, 6.45) is 3.78. The zero-order chi connectivity index (χ0) is 16.4. The Morgan fingerprint density at radius 2 is 1.70 bits per heavy atom. The Morgan fingerprint density at radius 1 is 0.957 bits per heavy atom. The van der Waals surface area contributed by atoms with E-state index in [1.54, 1.807) is 12.1 Å². The third-order valence-corrected chi connectivity index (χ3v) is 3.66. The highest BCUT2D eigenvalue weighted by atomic mass is 16.2. The molecule has 0 saturated heterocycles. The molecule has 2 heterocycles. The molecule has 23 heavy (non-hydrogen) atoms. The highest BCUT2D eigenvalue weighted by Gasteiger charge is 2.02. The van der Waals surface area contributed by atoms with E-state index in [-0.39, 0.29) is 5.52 Å². The van der Waals surface area contributed by atoms with Crippen LogP contribution in [-0.4, -0.2) is 15.0 Å². The molecule has 116 valence electrons. The normalized spacial score (nSPS) is 11.6. The lowest BCUT2D eigenvalue weighted by Crippen LogP contribution is -2.22. The van der Waals surface area contributed by atoms with Crippen LogP contribution in [0.3, 0.4) is 0 Å². The van der Waals surface area contributed by atoms with Gasteiger partial charge >= 0.3 is 5.69 Å². The number of fused-ring (bicyclic) bond motifs is 1. The van der Waals surface area contributed by atoms with E-state index in [2.05, 4.69) is 53.1 Å². The summed E-state index contributed by atoms with van der Waals surface area (Å²) in [5, 5.41) is 0. The first-order chi connectivity index (χ1) is 11.0. The fourth-order valence-electron chi connectivity index (χ4n) is 2.33. The first-order valence-corrected chi connectivity index (χ1v) is 7.44. The number of pyridine rings is 1. The molecule has 1 aromatic carbocycles. The summed E-state index contributed by atoms with van der Waals surface area (Å²) in [5.41, 5.74) is 2.65. The zero-order valence-electron chi connectivity index (χ0n) is 13.0. The van der Waals surface area contributed by atoms with Gasteiger partial charge in [-0.05, 0) is 35.3 Å². The Kier molecular flexibility index (Phi) is 3.93. The van der Waals surface area contributed by atoms with Crippen molar-refractivity contribution in [2.75, 3.05) is 0 Å². The molecule has 3 rings (SSSR count). The van der Waals surface area contributed by atoms with Crippen LogP contribution in [0.4, 0.5) is 0 Å². The van der Waals surface area contributed by atoms with Crippen LogP contribution in [0.1, 0.15) is 36.6 Å². The second-order valence-corrected chi connectivity index (χ2v) is 5.70. The SMILES string of the molecule is CC(C)c1ccc(/C=C/c2ccc3[nH]c(=O)[nH]c(=O)c3n2)cc1. The third kappa shape index (κ3) is 3.29. The summed E-state index contributed by atoms with van der Waals surface area (Å²) in [7, 11) is 0. The molecule has 0 saturated carbocycles. The summed E-state index contributed by atoms with van der Waals surface area (Å²) in [5.74, 6) is 0.504. The molecule has 5 nitrogen and oxygen atoms in total. The summed E-state index contributed by atoms with van der Waals surface area (Å²) in [6, 6.07) is 11.8. The minimum Gasteiger partial charge on any atom is -0.305 e. The summed E-state index contributed by atoms with van der Waals surface area (Å²) < 4.78 is 0. The summed E-state index contributed by atoms with van der Waals surface area (Å²) in [4.78, 5) is 32.0. The predicted molar refractivity (Wildman–Crippen MR) is 92.4 cm³/mol. The quantitative estimate of drug-likeness (QED) is 0.781. The van der Waals surface area contributed by atoms with Gasteiger partial charge in [0.05, 0.1) is 11.2 Å². The zero-order valence-corrected chi connectivity index (χ0v) is 13.0. The van der Waals surface area contributed by atoms with E-state index in [1.807, 2.05) is 12.2 Å². The van der Waals surface area contributed by atoms with Gasteiger partial charge in [-0.1, -0.05) is 44.2 Å². The van der Waals surface area contributed by atoms with Crippen molar-refractivity contribution in [3.8, 4) is 0 Å². The Balaban J connectivity index is 1.91. The van der Waals surface area contributed by atoms with Crippen LogP contribution in [0.5, 0.6) is 0 Å². The summed E-state index contributed by atoms with van der Waals surface area (Å²) >= 11 is 0. The Bertz CT molecular complexity index is 980. The lowest BCUT2D eigenvalue weighted by atomic mass is 10.0. The molecule has 2 N–H and O–H groups in total. The molecule has 0 atom stereocenters. The Hall–Kier alpha value is -2.95. The van der Waals surface area contributed by atoms with Gasteiger partial charge in [-0.15, -0.1) is 0 Å². The average molecular weight is 307 g/mol. The molecule has 5 heteroatoms. The number of benzene rings is 1. The Morgan fingerprint density at radius 3 is 2.39 bits per heavy atom. The van der Waals surface area contributed by atoms with Gasteiger partial charge in [0.2, 0.25) is 0 Å². The van der Waals surface area contributed by atoms with E-state index in [4.69, 9.17) is 0 Å². The van der Waals surface area contributed by atoms with Crippen molar-refractivity contribution in [2.24, 2.45) is 0 Å². The summed E-state index contributed by atoms with van der Waals surface area (Å²) in [6.45, 7) is 4.32. The number of nitrogens with zero attached hydrogens (tertiary/aromatic N) is 1. The van der Waals surface area contributed by atoms with Crippen molar-refractivity contribution >= 4 is 23.2 Å². The van der Waals surface area contributed by atoms with Crippen molar-refractivity contribution in [1.29, 1.82) is 0 Å². The lowest BCUT2D eigenvalue weighted by molar-refractivity contribution is 0.866. The van der Waals surface area contributed by atoms with Gasteiger partial charge in [0.25, 0.3) is 5.56 Å². The average Bonchev–Trinajstić information content (AvgIpc) is 2.53. The van der Waals surface area contributed by atoms with Gasteiger partial charge < -0.3 is 4.98 Å². The molecule has 3 aromatic rings. The van der Waals surface area contributed by atoms with Crippen molar-refractivity contribution in [3.63, 3.8) is 0 Å². The molecule has 0 unspecified atom stereocenters. The van der Waals surface area contributed by atoms with E-state index < -0.39 is 11.2 Å². The highest BCUT2D eigenvalue weighted by Crippen LogP contribution is 2.16. The molecule has 0 aliphatic heterocycles. The number of rotatable bonds is 3. The van der Waals surface area contributed by atoms with Crippen LogP contribution in [0, 0.1) is 0 Å². The van der Waals surface area contributed by atoms with Crippen LogP contribution in [0.15, 0.2) is 46.0 Å². The number of nitrogens with one attached hydrogen (secondary N) is 2. The molecule has 0 fully saturated rings. The van der Waals surface area contributed by atoms with Gasteiger partial charge in [0, 0.05) is 0 Å². The number of hydrogen-bond acceptors (Lipinski definition) is 3. The maximum atomic E-state index is 11.8. The topological polar surface area (TPSA) is 78.6 Å². The highest BCUT2D eigenvalue weighted by molar-refractivity contribution is 5.76. The van der Waals surface area contributed by atoms with Crippen molar-refractivity contribution in [2.45, 2.75) is 19.8 Å². The van der Waals surface area contributed by atoms with Crippen LogP contribution >= 0.6 is 0 Å². The monoisotopic (exact) mass is 307 g/mol. The minimum absolute atomic E-state index is 0.224. The minimum atomic E-state index is -0.530. The van der Waals surface area contributed by atoms with Crippen LogP contribution in [0.25, 0.3) is 23.2 Å². The number of aromatic nitrogens is 3. The lowest BCUT2D eigenvalue weighted by Gasteiger charge is -2.04. The van der Waals surface area contributed by atoms with Gasteiger partial charge in [-0.3, -0.25) is 9.78 Å². The van der Waals surface area contributed by atoms with E-state index >= 15 is 0 Å². The van der Waals surface area contributed by atoms with Crippen LogP contribution < -0.4 is 11.2 Å². The standard InChI is InChI=1S/C18H17N3O2/c1-11(2)13-6-3-12(4-7-13)5-8-14-9-10-15-16(19-14)17(22)21-18(23)20-15/h3-11H,1-2H3,(H2,20,21,22,23)/b8-5+. The van der Waals surface area contributed by atoms with Crippen molar-refractivity contribution in [3.05, 3.63) is 74.1 Å². The Labute approximate surface area is 132 Å². The first kappa shape index (κ1) is 15.0. The number of aromatic amines is 2. The molecular formula is C18H17N3O2. The molecular weight excluding hydrogens is 290 g/mol. The van der Waals surface area contributed by atoms with Gasteiger partial charge in [0.1, 0.15) is 0 Å². The van der Waals surface area contributed by atoms with Crippen LogP contribution in [0.2, 0.25) is 0 Å². The van der Waals surface area contributed by atoms with Gasteiger partial charge in [-0.2, -0.15) is 0 Å². The van der Waals surface area contributed by atoms with Crippen molar-refractivity contribution < 1.29 is 0 Å². The molecule has 2 aromatic heterocycles. The molecule has 0 radical (unpaired) electrons. The maximum Gasteiger partial charge on any atom is 0.326 e. The molecule has 0 aliphatic rings.